The number of guanidine groups is 1. The fraction of sp³-hybridized carbons (Fsp3) is 0.409. The normalized spacial score (nSPS) is 13.7. The van der Waals surface area contributed by atoms with E-state index in [1.807, 2.05) is 25.1 Å². The number of methoxy groups -OCH3 is 2. The monoisotopic (exact) mass is 415 g/mol. The summed E-state index contributed by atoms with van der Waals surface area (Å²) in [5, 5.41) is 17.1. The molecule has 0 bridgehead atoms. The van der Waals surface area contributed by atoms with Crippen molar-refractivity contribution in [2.24, 2.45) is 4.99 Å². The molecule has 1 atom stereocenters. The second-order valence-electron chi connectivity index (χ2n) is 6.71. The third kappa shape index (κ3) is 5.48. The zero-order valence-electron chi connectivity index (χ0n) is 17.6. The molecule has 0 aliphatic carbocycles. The van der Waals surface area contributed by atoms with Gasteiger partial charge in [0, 0.05) is 18.7 Å². The van der Waals surface area contributed by atoms with Gasteiger partial charge in [-0.25, -0.2) is 0 Å². The van der Waals surface area contributed by atoms with Crippen LogP contribution in [0.5, 0.6) is 23.0 Å². The molecule has 162 valence electrons. The van der Waals surface area contributed by atoms with Crippen molar-refractivity contribution in [3.05, 3.63) is 47.5 Å². The maximum Gasteiger partial charge on any atom is 0.231 e. The molecule has 0 saturated heterocycles. The lowest BCUT2D eigenvalue weighted by Crippen LogP contribution is -2.38. The van der Waals surface area contributed by atoms with Crippen LogP contribution >= 0.6 is 0 Å². The summed E-state index contributed by atoms with van der Waals surface area (Å²) in [6.07, 6.45) is -0.0211. The number of aliphatic imine (C=N–C) groups is 1. The number of ether oxygens (including phenoxy) is 4. The minimum Gasteiger partial charge on any atom is -0.497 e. The van der Waals surface area contributed by atoms with Gasteiger partial charge in [0.25, 0.3) is 0 Å². The van der Waals surface area contributed by atoms with Gasteiger partial charge in [-0.3, -0.25) is 4.99 Å². The fourth-order valence-corrected chi connectivity index (χ4v) is 3.14. The topological polar surface area (TPSA) is 93.6 Å². The number of fused-ring (bicyclic) bond motifs is 1. The lowest BCUT2D eigenvalue weighted by Gasteiger charge is -2.16. The van der Waals surface area contributed by atoms with Crippen molar-refractivity contribution in [1.82, 2.24) is 10.6 Å². The molecule has 0 aromatic heterocycles. The van der Waals surface area contributed by atoms with Crippen LogP contribution in [0.25, 0.3) is 0 Å². The zero-order valence-corrected chi connectivity index (χ0v) is 17.6. The van der Waals surface area contributed by atoms with Crippen molar-refractivity contribution in [3.63, 3.8) is 0 Å². The van der Waals surface area contributed by atoms with Crippen molar-refractivity contribution in [2.75, 3.05) is 40.6 Å². The summed E-state index contributed by atoms with van der Waals surface area (Å²) in [6, 6.07) is 11.3. The highest BCUT2D eigenvalue weighted by atomic mass is 16.7. The third-order valence-corrected chi connectivity index (χ3v) is 4.71. The Morgan fingerprint density at radius 3 is 2.70 bits per heavy atom. The number of aliphatic hydroxyl groups is 1. The van der Waals surface area contributed by atoms with Gasteiger partial charge in [-0.15, -0.1) is 0 Å². The molecule has 1 aliphatic rings. The Labute approximate surface area is 176 Å². The molecular weight excluding hydrogens is 386 g/mol. The number of benzene rings is 2. The van der Waals surface area contributed by atoms with E-state index in [1.165, 1.54) is 0 Å². The Kier molecular flexibility index (Phi) is 7.62. The summed E-state index contributed by atoms with van der Waals surface area (Å²) in [5.41, 5.74) is 1.78. The predicted molar refractivity (Wildman–Crippen MR) is 115 cm³/mol. The number of nitrogens with zero attached hydrogens (tertiary/aromatic N) is 1. The van der Waals surface area contributed by atoms with Crippen molar-refractivity contribution >= 4 is 5.96 Å². The zero-order chi connectivity index (χ0) is 21.3. The molecule has 0 amide bonds. The molecule has 0 saturated carbocycles. The first-order valence-corrected chi connectivity index (χ1v) is 9.95. The first kappa shape index (κ1) is 21.6. The van der Waals surface area contributed by atoms with Crippen molar-refractivity contribution < 1.29 is 24.1 Å². The number of hydrogen-bond acceptors (Lipinski definition) is 6. The number of nitrogens with one attached hydrogen (secondary N) is 2. The molecule has 8 nitrogen and oxygen atoms in total. The van der Waals surface area contributed by atoms with Gasteiger partial charge in [0.1, 0.15) is 17.6 Å². The highest BCUT2D eigenvalue weighted by Crippen LogP contribution is 2.32. The van der Waals surface area contributed by atoms with Gasteiger partial charge in [0.2, 0.25) is 6.79 Å². The largest absolute Gasteiger partial charge is 0.497 e. The van der Waals surface area contributed by atoms with E-state index in [9.17, 15) is 5.11 Å². The Morgan fingerprint density at radius 2 is 1.93 bits per heavy atom. The summed E-state index contributed by atoms with van der Waals surface area (Å²) < 4.78 is 21.4. The van der Waals surface area contributed by atoms with Crippen LogP contribution in [0.3, 0.4) is 0 Å². The Balaban J connectivity index is 1.58. The number of aliphatic hydroxyl groups excluding tert-OH is 1. The van der Waals surface area contributed by atoms with Crippen LogP contribution in [0.2, 0.25) is 0 Å². The summed E-state index contributed by atoms with van der Waals surface area (Å²) in [4.78, 5) is 4.51. The van der Waals surface area contributed by atoms with Gasteiger partial charge in [-0.2, -0.15) is 0 Å². The molecule has 3 rings (SSSR count). The third-order valence-electron chi connectivity index (χ3n) is 4.71. The Hall–Kier alpha value is -3.13. The average Bonchev–Trinajstić information content (AvgIpc) is 3.24. The van der Waals surface area contributed by atoms with Crippen molar-refractivity contribution in [2.45, 2.75) is 19.4 Å². The van der Waals surface area contributed by atoms with Crippen molar-refractivity contribution in [1.29, 1.82) is 0 Å². The summed E-state index contributed by atoms with van der Waals surface area (Å²) in [5.74, 6) is 3.45. The molecule has 0 spiro atoms. The number of rotatable bonds is 9. The SMILES string of the molecule is CCNC(=NCC(O)c1cc(OC)ccc1OC)NCCc1ccc2c(c1)OCO2. The quantitative estimate of drug-likeness (QED) is 0.427. The first-order chi connectivity index (χ1) is 14.6. The molecule has 8 heteroatoms. The van der Waals surface area contributed by atoms with E-state index in [2.05, 4.69) is 15.6 Å². The molecule has 1 aliphatic heterocycles. The second-order valence-corrected chi connectivity index (χ2v) is 6.71. The minimum absolute atomic E-state index is 0.183. The van der Waals surface area contributed by atoms with E-state index >= 15 is 0 Å². The van der Waals surface area contributed by atoms with E-state index in [4.69, 9.17) is 18.9 Å². The van der Waals surface area contributed by atoms with E-state index in [-0.39, 0.29) is 13.3 Å². The molecule has 3 N–H and O–H groups in total. The maximum absolute atomic E-state index is 10.6. The molecule has 30 heavy (non-hydrogen) atoms. The van der Waals surface area contributed by atoms with Gasteiger partial charge < -0.3 is 34.7 Å². The first-order valence-electron chi connectivity index (χ1n) is 9.95. The van der Waals surface area contributed by atoms with Crippen LogP contribution in [0.4, 0.5) is 0 Å². The fourth-order valence-electron chi connectivity index (χ4n) is 3.14. The summed E-state index contributed by atoms with van der Waals surface area (Å²) in [6.45, 7) is 3.85. The van der Waals surface area contributed by atoms with E-state index in [0.717, 1.165) is 23.5 Å². The van der Waals surface area contributed by atoms with Crippen LogP contribution in [-0.2, 0) is 6.42 Å². The van der Waals surface area contributed by atoms with Gasteiger partial charge >= 0.3 is 0 Å². The van der Waals surface area contributed by atoms with Gasteiger partial charge in [-0.1, -0.05) is 6.07 Å². The molecule has 2 aromatic carbocycles. The lowest BCUT2D eigenvalue weighted by atomic mass is 10.1. The molecular formula is C22H29N3O5. The summed E-state index contributed by atoms with van der Waals surface area (Å²) in [7, 11) is 3.16. The minimum atomic E-state index is -0.820. The Bertz CT molecular complexity index is 872. The van der Waals surface area contributed by atoms with E-state index in [0.29, 0.717) is 36.1 Å². The highest BCUT2D eigenvalue weighted by molar-refractivity contribution is 5.79. The van der Waals surface area contributed by atoms with Crippen LogP contribution in [0, 0.1) is 0 Å². The standard InChI is InChI=1S/C22H29N3O5/c1-4-23-22(24-10-9-15-5-7-20-21(11-15)30-14-29-20)25-13-18(26)17-12-16(27-2)6-8-19(17)28-3/h5-8,11-12,18,26H,4,9-10,13-14H2,1-3H3,(H2,23,24,25). The molecule has 1 heterocycles. The van der Waals surface area contributed by atoms with E-state index < -0.39 is 6.10 Å². The van der Waals surface area contributed by atoms with Crippen LogP contribution in [0.1, 0.15) is 24.2 Å². The number of hydrogen-bond donors (Lipinski definition) is 3. The smallest absolute Gasteiger partial charge is 0.231 e. The van der Waals surface area contributed by atoms with E-state index in [1.54, 1.807) is 32.4 Å². The van der Waals surface area contributed by atoms with Crippen LogP contribution < -0.4 is 29.6 Å². The molecule has 2 aromatic rings. The van der Waals surface area contributed by atoms with Gasteiger partial charge in [-0.05, 0) is 49.2 Å². The van der Waals surface area contributed by atoms with Crippen molar-refractivity contribution in [3.8, 4) is 23.0 Å². The Morgan fingerprint density at radius 1 is 1.10 bits per heavy atom. The maximum atomic E-state index is 10.6. The summed E-state index contributed by atoms with van der Waals surface area (Å²) >= 11 is 0. The molecule has 1 unspecified atom stereocenters. The average molecular weight is 415 g/mol. The molecule has 0 fully saturated rings. The molecule has 0 radical (unpaired) electrons. The predicted octanol–water partition coefficient (Wildman–Crippen LogP) is 2.26. The van der Waals surface area contributed by atoms with Gasteiger partial charge in [0.15, 0.2) is 17.5 Å². The highest BCUT2D eigenvalue weighted by Gasteiger charge is 2.15. The van der Waals surface area contributed by atoms with Crippen LogP contribution in [0.15, 0.2) is 41.4 Å². The van der Waals surface area contributed by atoms with Crippen LogP contribution in [-0.4, -0.2) is 51.7 Å². The second kappa shape index (κ2) is 10.6. The lowest BCUT2D eigenvalue weighted by molar-refractivity contribution is 0.174. The van der Waals surface area contributed by atoms with Gasteiger partial charge in [0.05, 0.1) is 20.8 Å².